The van der Waals surface area contributed by atoms with Crippen molar-refractivity contribution in [2.75, 3.05) is 84.2 Å². The van der Waals surface area contributed by atoms with Crippen molar-refractivity contribution in [1.29, 1.82) is 0 Å². The second kappa shape index (κ2) is 34.5. The first-order chi connectivity index (χ1) is 18.2. The van der Waals surface area contributed by atoms with Crippen molar-refractivity contribution in [1.82, 2.24) is 5.32 Å². The number of aliphatic hydroxyl groups excluding tert-OH is 1. The number of hydrogen-bond acceptors (Lipinski definition) is 17. The van der Waals surface area contributed by atoms with Crippen LogP contribution >= 0.6 is 118 Å². The van der Waals surface area contributed by atoms with E-state index in [9.17, 15) is 9.35 Å². The van der Waals surface area contributed by atoms with Gasteiger partial charge in [-0.1, -0.05) is 11.8 Å². The SMILES string of the molecule is CSCSC/N=C\OOCSCSCSCSC(=O)NCSCSCSC/N=C/[S+]([O-])CCSCCO. The van der Waals surface area contributed by atoms with Gasteiger partial charge in [0.1, 0.15) is 11.7 Å². The van der Waals surface area contributed by atoms with Crippen molar-refractivity contribution in [3.05, 3.63) is 0 Å². The van der Waals surface area contributed by atoms with Crippen LogP contribution in [-0.4, -0.2) is 111 Å². The van der Waals surface area contributed by atoms with Crippen molar-refractivity contribution in [2.24, 2.45) is 9.98 Å². The molecule has 0 aliphatic carbocycles. The maximum atomic E-state index is 11.8. The molecule has 0 saturated heterocycles. The maximum absolute atomic E-state index is 11.8. The molecule has 2 N–H and O–H groups in total. The number of nitrogens with one attached hydrogen (secondary N) is 1. The van der Waals surface area contributed by atoms with E-state index in [1.165, 1.54) is 23.7 Å². The van der Waals surface area contributed by atoms with Crippen molar-refractivity contribution < 1.29 is 24.2 Å². The fourth-order valence-electron chi connectivity index (χ4n) is 1.56. The van der Waals surface area contributed by atoms with Crippen molar-refractivity contribution >= 4 is 146 Å². The van der Waals surface area contributed by atoms with Gasteiger partial charge in [-0.25, -0.2) is 9.98 Å². The molecule has 0 saturated carbocycles. The second-order valence-electron chi connectivity index (χ2n) is 5.76. The van der Waals surface area contributed by atoms with E-state index in [1.54, 1.807) is 106 Å². The standard InChI is InChI=1S/C18H35N3O5S11/c1-27-12-29-7-19-6-25-26-11-32-15-34-16-35-17-36-18(23)21-9-31-14-33-13-30-8-20-10-37(24)5-4-28-3-2-22/h6,10,22H,2-5,7-9,11-17H2,1H3,(H,21,23)/b19-6-,20-10+. The van der Waals surface area contributed by atoms with Gasteiger partial charge in [-0.2, -0.15) is 28.4 Å². The molecule has 0 bridgehead atoms. The van der Waals surface area contributed by atoms with Crippen molar-refractivity contribution in [2.45, 2.75) is 0 Å². The average Bonchev–Trinajstić information content (AvgIpc) is 2.90. The molecule has 1 atom stereocenters. The third-order valence-electron chi connectivity index (χ3n) is 2.97. The normalized spacial score (nSPS) is 12.5. The van der Waals surface area contributed by atoms with Gasteiger partial charge in [-0.15, -0.1) is 82.3 Å². The smallest absolute Gasteiger partial charge is 0.280 e. The Morgan fingerprint density at radius 3 is 2.43 bits per heavy atom. The topological polar surface area (TPSA) is 116 Å². The first-order valence-corrected chi connectivity index (χ1v) is 23.5. The Labute approximate surface area is 267 Å². The molecule has 1 amide bonds. The van der Waals surface area contributed by atoms with E-state index in [0.29, 0.717) is 35.1 Å². The Morgan fingerprint density at radius 2 is 1.62 bits per heavy atom. The quantitative estimate of drug-likeness (QED) is 0.0187. The highest BCUT2D eigenvalue weighted by molar-refractivity contribution is 8.29. The monoisotopic (exact) mass is 725 g/mol. The Morgan fingerprint density at radius 1 is 0.919 bits per heavy atom. The molecular weight excluding hydrogens is 691 g/mol. The molecule has 8 nitrogen and oxygen atoms in total. The predicted octanol–water partition coefficient (Wildman–Crippen LogP) is 5.98. The molecule has 37 heavy (non-hydrogen) atoms. The first-order valence-electron chi connectivity index (χ1n) is 10.5. The van der Waals surface area contributed by atoms with Gasteiger partial charge in [-0.3, -0.25) is 4.79 Å². The lowest BCUT2D eigenvalue weighted by molar-refractivity contribution is -0.196. The third kappa shape index (κ3) is 34.4. The van der Waals surface area contributed by atoms with E-state index in [4.69, 9.17) is 14.9 Å². The van der Waals surface area contributed by atoms with Crippen LogP contribution in [0.3, 0.4) is 0 Å². The maximum Gasteiger partial charge on any atom is 0.280 e. The summed E-state index contributed by atoms with van der Waals surface area (Å²) in [6, 6.07) is 0. The fourth-order valence-corrected chi connectivity index (χ4v) is 11.6. The molecule has 0 aromatic carbocycles. The zero-order chi connectivity index (χ0) is 27.1. The molecule has 0 heterocycles. The van der Waals surface area contributed by atoms with Crippen LogP contribution in [0, 0.1) is 0 Å². The Kier molecular flexibility index (Phi) is 36.7. The number of carbonyl (C=O) groups excluding carboxylic acids is 1. The van der Waals surface area contributed by atoms with Gasteiger partial charge in [0.25, 0.3) is 5.24 Å². The first kappa shape index (κ1) is 39.3. The number of amides is 1. The largest absolute Gasteiger partial charge is 0.611 e. The average molecular weight is 726 g/mol. The highest BCUT2D eigenvalue weighted by Crippen LogP contribution is 2.22. The molecule has 0 aliphatic heterocycles. The summed E-state index contributed by atoms with van der Waals surface area (Å²) >= 11 is 15.6. The van der Waals surface area contributed by atoms with E-state index in [1.807, 2.05) is 0 Å². The van der Waals surface area contributed by atoms with Gasteiger partial charge < -0.3 is 19.9 Å². The van der Waals surface area contributed by atoms with Crippen LogP contribution in [0.4, 0.5) is 4.79 Å². The minimum atomic E-state index is -1.03. The van der Waals surface area contributed by atoms with E-state index >= 15 is 0 Å². The number of aliphatic hydroxyl groups is 1. The van der Waals surface area contributed by atoms with Crippen LogP contribution < -0.4 is 5.32 Å². The molecule has 1 unspecified atom stereocenters. The summed E-state index contributed by atoms with van der Waals surface area (Å²) in [5.74, 6) is 4.37. The van der Waals surface area contributed by atoms with Crippen LogP contribution in [0.2, 0.25) is 0 Å². The summed E-state index contributed by atoms with van der Waals surface area (Å²) in [5, 5.41) is 17.0. The molecule has 0 spiro atoms. The number of aliphatic imine (C=N–C) groups is 2. The Bertz CT molecular complexity index is 559. The number of hydrogen-bond donors (Lipinski definition) is 2. The van der Waals surface area contributed by atoms with Gasteiger partial charge in [-0.05, 0) is 17.4 Å². The van der Waals surface area contributed by atoms with Crippen molar-refractivity contribution in [3.63, 3.8) is 0 Å². The molecule has 0 rings (SSSR count). The van der Waals surface area contributed by atoms with Crippen LogP contribution in [0.15, 0.2) is 9.98 Å². The number of carbonyl (C=O) groups is 1. The highest BCUT2D eigenvalue weighted by atomic mass is 32.3. The summed E-state index contributed by atoms with van der Waals surface area (Å²) in [4.78, 5) is 29.9. The van der Waals surface area contributed by atoms with Crippen LogP contribution in [0.1, 0.15) is 0 Å². The van der Waals surface area contributed by atoms with E-state index < -0.39 is 11.2 Å². The summed E-state index contributed by atoms with van der Waals surface area (Å²) in [5.41, 5.74) is 1.52. The molecule has 0 radical (unpaired) electrons. The number of rotatable bonds is 28. The van der Waals surface area contributed by atoms with E-state index in [0.717, 1.165) is 36.3 Å². The van der Waals surface area contributed by atoms with E-state index in [-0.39, 0.29) is 11.8 Å². The van der Waals surface area contributed by atoms with Gasteiger partial charge >= 0.3 is 0 Å². The predicted molar refractivity (Wildman–Crippen MR) is 188 cm³/mol. The number of thioether (sulfide) groups is 10. The Hall–Kier alpha value is 2.34. The lowest BCUT2D eigenvalue weighted by atomic mass is 10.9. The molecule has 0 aromatic rings. The van der Waals surface area contributed by atoms with E-state index in [2.05, 4.69) is 21.6 Å². The van der Waals surface area contributed by atoms with Crippen molar-refractivity contribution in [3.8, 4) is 0 Å². The summed E-state index contributed by atoms with van der Waals surface area (Å²) in [6.45, 7) is 0.159. The zero-order valence-corrected chi connectivity index (χ0v) is 29.5. The Balaban J connectivity index is 3.29. The molecule has 0 aromatic heterocycles. The minimum Gasteiger partial charge on any atom is -0.611 e. The zero-order valence-electron chi connectivity index (χ0n) is 20.5. The van der Waals surface area contributed by atoms with Gasteiger partial charge in [0.05, 0.1) is 24.2 Å². The van der Waals surface area contributed by atoms with Gasteiger partial charge in [0, 0.05) is 42.0 Å². The third-order valence-corrected chi connectivity index (χ3v) is 14.9. The molecule has 0 aliphatic rings. The van der Waals surface area contributed by atoms with Gasteiger partial charge in [0.2, 0.25) is 11.9 Å². The molecule has 19 heteroatoms. The summed E-state index contributed by atoms with van der Waals surface area (Å²) in [6.07, 6.45) is 3.40. The second-order valence-corrected chi connectivity index (χ2v) is 19.2. The number of nitrogens with zero attached hydrogens (tertiary/aromatic N) is 2. The molecular formula is C18H35N3O5S11. The van der Waals surface area contributed by atoms with Crippen LogP contribution in [0.25, 0.3) is 0 Å². The molecule has 218 valence electrons. The van der Waals surface area contributed by atoms with Crippen LogP contribution in [-0.2, 0) is 21.0 Å². The van der Waals surface area contributed by atoms with Gasteiger partial charge in [0.15, 0.2) is 0 Å². The minimum absolute atomic E-state index is 0.00918. The lowest BCUT2D eigenvalue weighted by Gasteiger charge is -2.05. The summed E-state index contributed by atoms with van der Waals surface area (Å²) < 4.78 is 11.7. The molecule has 0 fully saturated rings. The lowest BCUT2D eigenvalue weighted by Crippen LogP contribution is -2.17. The fraction of sp³-hybridized carbons (Fsp3) is 0.833. The summed E-state index contributed by atoms with van der Waals surface area (Å²) in [7, 11) is 0. The highest BCUT2D eigenvalue weighted by Gasteiger charge is 2.03. The van der Waals surface area contributed by atoms with Crippen LogP contribution in [0.5, 0.6) is 0 Å².